The van der Waals surface area contributed by atoms with Crippen LogP contribution in [0.2, 0.25) is 0 Å². The second-order valence-corrected chi connectivity index (χ2v) is 5.02. The Morgan fingerprint density at radius 2 is 1.83 bits per heavy atom. The van der Waals surface area contributed by atoms with Crippen molar-refractivity contribution in [2.75, 3.05) is 18.5 Å². The molecule has 2 aromatic carbocycles. The van der Waals surface area contributed by atoms with Gasteiger partial charge in [0.25, 0.3) is 5.91 Å². The molecule has 0 unspecified atom stereocenters. The van der Waals surface area contributed by atoms with Crippen LogP contribution in [-0.4, -0.2) is 30.2 Å². The van der Waals surface area contributed by atoms with Crippen molar-refractivity contribution >= 4 is 17.6 Å². The lowest BCUT2D eigenvalue weighted by Gasteiger charge is -2.13. The fourth-order valence-electron chi connectivity index (χ4n) is 2.19. The molecule has 0 aliphatic heterocycles. The third-order valence-electron chi connectivity index (χ3n) is 3.25. The number of aryl methyl sites for hydroxylation is 1. The summed E-state index contributed by atoms with van der Waals surface area (Å²) in [7, 11) is 0. The van der Waals surface area contributed by atoms with Crippen LogP contribution in [0.5, 0.6) is 11.5 Å². The standard InChI is InChI=1S/C18H19NO5/c1-3-23-15-10-5-4-9-14(15)19-16(20)11-24-17-12(2)7-6-8-13(17)18(21)22/h4-10H,3,11H2,1-2H3,(H,19,20)(H,21,22). The van der Waals surface area contributed by atoms with Crippen LogP contribution in [0.1, 0.15) is 22.8 Å². The number of para-hydroxylation sites is 3. The van der Waals surface area contributed by atoms with Gasteiger partial charge in [0.15, 0.2) is 6.61 Å². The molecule has 0 aliphatic rings. The van der Waals surface area contributed by atoms with Crippen molar-refractivity contribution in [3.63, 3.8) is 0 Å². The molecule has 0 bridgehead atoms. The maximum atomic E-state index is 12.1. The zero-order chi connectivity index (χ0) is 17.5. The Hall–Kier alpha value is -3.02. The number of carbonyl (C=O) groups is 2. The zero-order valence-corrected chi connectivity index (χ0v) is 13.5. The highest BCUT2D eigenvalue weighted by Crippen LogP contribution is 2.25. The number of benzene rings is 2. The first-order valence-corrected chi connectivity index (χ1v) is 7.50. The van der Waals surface area contributed by atoms with E-state index >= 15 is 0 Å². The summed E-state index contributed by atoms with van der Waals surface area (Å²) in [5, 5.41) is 11.9. The first kappa shape index (κ1) is 17.3. The molecule has 0 atom stereocenters. The van der Waals surface area contributed by atoms with Crippen molar-refractivity contribution in [3.8, 4) is 11.5 Å². The quantitative estimate of drug-likeness (QED) is 0.815. The van der Waals surface area contributed by atoms with Gasteiger partial charge >= 0.3 is 5.97 Å². The molecule has 0 radical (unpaired) electrons. The SMILES string of the molecule is CCOc1ccccc1NC(=O)COc1c(C)cccc1C(=O)O. The topological polar surface area (TPSA) is 84.9 Å². The van der Waals surface area contributed by atoms with Crippen LogP contribution in [0.15, 0.2) is 42.5 Å². The number of rotatable bonds is 7. The van der Waals surface area contributed by atoms with Crippen LogP contribution >= 0.6 is 0 Å². The number of ether oxygens (including phenoxy) is 2. The molecule has 0 heterocycles. The van der Waals surface area contributed by atoms with Gasteiger partial charge < -0.3 is 19.9 Å². The monoisotopic (exact) mass is 329 g/mol. The maximum absolute atomic E-state index is 12.1. The highest BCUT2D eigenvalue weighted by atomic mass is 16.5. The number of carboxylic acid groups (broad SMARTS) is 1. The Morgan fingerprint density at radius 1 is 1.08 bits per heavy atom. The minimum absolute atomic E-state index is 0.0255. The van der Waals surface area contributed by atoms with E-state index < -0.39 is 11.9 Å². The van der Waals surface area contributed by atoms with E-state index in [9.17, 15) is 14.7 Å². The van der Waals surface area contributed by atoms with Crippen molar-refractivity contribution in [2.24, 2.45) is 0 Å². The Bertz CT molecular complexity index is 742. The zero-order valence-electron chi connectivity index (χ0n) is 13.5. The summed E-state index contributed by atoms with van der Waals surface area (Å²) >= 11 is 0. The maximum Gasteiger partial charge on any atom is 0.339 e. The Labute approximate surface area is 140 Å². The molecule has 0 aliphatic carbocycles. The van der Waals surface area contributed by atoms with Gasteiger partial charge in [-0.3, -0.25) is 4.79 Å². The lowest BCUT2D eigenvalue weighted by Crippen LogP contribution is -2.21. The summed E-state index contributed by atoms with van der Waals surface area (Å²) in [6, 6.07) is 11.9. The van der Waals surface area contributed by atoms with E-state index in [0.29, 0.717) is 23.6 Å². The second-order valence-electron chi connectivity index (χ2n) is 5.02. The number of carbonyl (C=O) groups excluding carboxylic acids is 1. The van der Waals surface area contributed by atoms with E-state index in [0.717, 1.165) is 0 Å². The van der Waals surface area contributed by atoms with Crippen molar-refractivity contribution < 1.29 is 24.2 Å². The van der Waals surface area contributed by atoms with Crippen LogP contribution in [0.25, 0.3) is 0 Å². The highest BCUT2D eigenvalue weighted by Gasteiger charge is 2.15. The van der Waals surface area contributed by atoms with Crippen molar-refractivity contribution in [2.45, 2.75) is 13.8 Å². The van der Waals surface area contributed by atoms with Gasteiger partial charge in [0.1, 0.15) is 17.1 Å². The molecule has 0 aromatic heterocycles. The lowest BCUT2D eigenvalue weighted by atomic mass is 10.1. The van der Waals surface area contributed by atoms with E-state index in [4.69, 9.17) is 9.47 Å². The molecule has 0 saturated heterocycles. The third kappa shape index (κ3) is 4.25. The summed E-state index contributed by atoms with van der Waals surface area (Å²) in [6.07, 6.45) is 0. The van der Waals surface area contributed by atoms with Gasteiger partial charge in [0.2, 0.25) is 0 Å². The van der Waals surface area contributed by atoms with Crippen LogP contribution in [0, 0.1) is 6.92 Å². The molecule has 24 heavy (non-hydrogen) atoms. The van der Waals surface area contributed by atoms with Gasteiger partial charge in [-0.05, 0) is 37.6 Å². The Kier molecular flexibility index (Phi) is 5.78. The molecule has 6 heteroatoms. The molecular formula is C18H19NO5. The molecule has 126 valence electrons. The van der Waals surface area contributed by atoms with Crippen LogP contribution in [-0.2, 0) is 4.79 Å². The number of carboxylic acids is 1. The normalized spacial score (nSPS) is 10.1. The number of nitrogens with one attached hydrogen (secondary N) is 1. The molecule has 6 nitrogen and oxygen atoms in total. The number of anilines is 1. The summed E-state index contributed by atoms with van der Waals surface area (Å²) in [6.45, 7) is 3.76. The van der Waals surface area contributed by atoms with Gasteiger partial charge in [-0.25, -0.2) is 4.79 Å². The van der Waals surface area contributed by atoms with E-state index in [2.05, 4.69) is 5.32 Å². The van der Waals surface area contributed by atoms with Crippen molar-refractivity contribution in [1.82, 2.24) is 0 Å². The molecule has 2 rings (SSSR count). The fourth-order valence-corrected chi connectivity index (χ4v) is 2.19. The van der Waals surface area contributed by atoms with Crippen LogP contribution in [0.3, 0.4) is 0 Å². The molecule has 0 fully saturated rings. The van der Waals surface area contributed by atoms with Crippen molar-refractivity contribution in [3.05, 3.63) is 53.6 Å². The molecule has 2 N–H and O–H groups in total. The second kappa shape index (κ2) is 8.01. The lowest BCUT2D eigenvalue weighted by molar-refractivity contribution is -0.118. The molecule has 0 spiro atoms. The largest absolute Gasteiger partial charge is 0.492 e. The van der Waals surface area contributed by atoms with Crippen molar-refractivity contribution in [1.29, 1.82) is 0 Å². The summed E-state index contributed by atoms with van der Waals surface area (Å²) in [5.41, 5.74) is 1.21. The minimum Gasteiger partial charge on any atom is -0.492 e. The van der Waals surface area contributed by atoms with E-state index in [-0.39, 0.29) is 17.9 Å². The average molecular weight is 329 g/mol. The summed E-state index contributed by atoms with van der Waals surface area (Å²) in [4.78, 5) is 23.3. The number of aromatic carboxylic acids is 1. The fraction of sp³-hybridized carbons (Fsp3) is 0.222. The first-order valence-electron chi connectivity index (χ1n) is 7.50. The predicted molar refractivity (Wildman–Crippen MR) is 89.9 cm³/mol. The molecule has 0 saturated carbocycles. The summed E-state index contributed by atoms with van der Waals surface area (Å²) in [5.74, 6) is -0.744. The van der Waals surface area contributed by atoms with Crippen LogP contribution in [0.4, 0.5) is 5.69 Å². The van der Waals surface area contributed by atoms with E-state index in [1.807, 2.05) is 13.0 Å². The number of hydrogen-bond acceptors (Lipinski definition) is 4. The molecule has 2 aromatic rings. The highest BCUT2D eigenvalue weighted by molar-refractivity contribution is 5.94. The summed E-state index contributed by atoms with van der Waals surface area (Å²) < 4.78 is 10.9. The van der Waals surface area contributed by atoms with E-state index in [1.165, 1.54) is 6.07 Å². The van der Waals surface area contributed by atoms with Gasteiger partial charge in [0.05, 0.1) is 12.3 Å². The van der Waals surface area contributed by atoms with E-state index in [1.54, 1.807) is 37.3 Å². The predicted octanol–water partition coefficient (Wildman–Crippen LogP) is 3.11. The number of hydrogen-bond donors (Lipinski definition) is 2. The smallest absolute Gasteiger partial charge is 0.339 e. The Morgan fingerprint density at radius 3 is 2.54 bits per heavy atom. The number of amides is 1. The van der Waals surface area contributed by atoms with Gasteiger partial charge in [-0.15, -0.1) is 0 Å². The van der Waals surface area contributed by atoms with Gasteiger partial charge in [-0.1, -0.05) is 24.3 Å². The average Bonchev–Trinajstić information content (AvgIpc) is 2.55. The van der Waals surface area contributed by atoms with Crippen LogP contribution < -0.4 is 14.8 Å². The molecular weight excluding hydrogens is 310 g/mol. The minimum atomic E-state index is -1.10. The Balaban J connectivity index is 2.06. The van der Waals surface area contributed by atoms with Gasteiger partial charge in [-0.2, -0.15) is 0 Å². The first-order chi connectivity index (χ1) is 11.5. The van der Waals surface area contributed by atoms with Gasteiger partial charge in [0, 0.05) is 0 Å². The third-order valence-corrected chi connectivity index (χ3v) is 3.25. The molecule has 1 amide bonds.